The average molecular weight is 468 g/mol. The monoisotopic (exact) mass is 467 g/mol. The Hall–Kier alpha value is -2.28. The molecule has 1 aromatic rings. The van der Waals surface area contributed by atoms with Crippen LogP contribution in [0.4, 0.5) is 5.69 Å². The van der Waals surface area contributed by atoms with Gasteiger partial charge in [0.25, 0.3) is 11.8 Å². The maximum atomic E-state index is 12.8. The molecule has 4 fully saturated rings. The van der Waals surface area contributed by atoms with Crippen LogP contribution in [0.3, 0.4) is 0 Å². The van der Waals surface area contributed by atoms with Crippen molar-refractivity contribution < 1.29 is 23.9 Å². The molecular weight excluding hydrogens is 438 g/mol. The van der Waals surface area contributed by atoms with Crippen molar-refractivity contribution in [2.45, 2.75) is 81.1 Å². The van der Waals surface area contributed by atoms with Gasteiger partial charge in [-0.15, -0.1) is 11.8 Å². The van der Waals surface area contributed by atoms with Crippen molar-refractivity contribution >= 4 is 35.5 Å². The Labute approximate surface area is 198 Å². The highest BCUT2D eigenvalue weighted by Gasteiger charge is 2.52. The Balaban J connectivity index is 1.55. The summed E-state index contributed by atoms with van der Waals surface area (Å²) in [6, 6.07) is 0. The summed E-state index contributed by atoms with van der Waals surface area (Å²) < 4.78 is 12.5. The third kappa shape index (κ3) is 3.18. The zero-order valence-electron chi connectivity index (χ0n) is 19.3. The standard InChI is InChI=1S/C26H29NO5S/c1-13-19(12-28)25(33-26-9-16-6-17(10-26)8-18(7-16)11-26)22(27-20(29)4-5-21(27)30)24-23(13)31-14(2)15(3)32-24/h4-5,12,14-18H,6-11H2,1-3H3. The van der Waals surface area contributed by atoms with E-state index in [0.717, 1.165) is 43.3 Å². The molecule has 0 aromatic heterocycles. The van der Waals surface area contributed by atoms with Crippen molar-refractivity contribution in [2.75, 3.05) is 4.90 Å². The first-order chi connectivity index (χ1) is 15.8. The zero-order chi connectivity index (χ0) is 23.1. The lowest BCUT2D eigenvalue weighted by atomic mass is 9.56. The topological polar surface area (TPSA) is 72.9 Å². The van der Waals surface area contributed by atoms with E-state index < -0.39 is 11.8 Å². The van der Waals surface area contributed by atoms with Crippen LogP contribution in [0.2, 0.25) is 0 Å². The van der Waals surface area contributed by atoms with E-state index in [-0.39, 0.29) is 17.0 Å². The number of nitrogens with zero attached hydrogens (tertiary/aromatic N) is 1. The highest BCUT2D eigenvalue weighted by molar-refractivity contribution is 8.01. The molecule has 4 bridgehead atoms. The Morgan fingerprint density at radius 3 is 1.97 bits per heavy atom. The summed E-state index contributed by atoms with van der Waals surface area (Å²) in [6.45, 7) is 5.70. The van der Waals surface area contributed by atoms with Gasteiger partial charge in [-0.25, -0.2) is 4.90 Å². The smallest absolute Gasteiger partial charge is 0.258 e. The summed E-state index contributed by atoms with van der Waals surface area (Å²) in [5.74, 6) is 2.25. The van der Waals surface area contributed by atoms with Gasteiger partial charge in [-0.3, -0.25) is 14.4 Å². The summed E-state index contributed by atoms with van der Waals surface area (Å²) in [5, 5.41) is 0. The zero-order valence-corrected chi connectivity index (χ0v) is 20.1. The average Bonchev–Trinajstić information content (AvgIpc) is 3.07. The molecule has 6 aliphatic rings. The molecule has 0 radical (unpaired) electrons. The predicted octanol–water partition coefficient (Wildman–Crippen LogP) is 4.85. The van der Waals surface area contributed by atoms with Gasteiger partial charge in [0.15, 0.2) is 17.8 Å². The van der Waals surface area contributed by atoms with Gasteiger partial charge in [0.2, 0.25) is 0 Å². The fourth-order valence-corrected chi connectivity index (χ4v) is 9.04. The molecular formula is C26H29NO5S. The van der Waals surface area contributed by atoms with E-state index in [1.807, 2.05) is 20.8 Å². The van der Waals surface area contributed by atoms with Crippen LogP contribution < -0.4 is 14.4 Å². The normalized spacial score (nSPS) is 36.1. The SMILES string of the molecule is Cc1c(C=O)c(SC23CC4CC(CC(C4)C2)C3)c(N2C(=O)C=CC2=O)c2c1OC(C)C(C)O2. The molecule has 1 aromatic carbocycles. The van der Waals surface area contributed by atoms with Crippen LogP contribution in [0.5, 0.6) is 11.5 Å². The minimum Gasteiger partial charge on any atom is -0.483 e. The maximum absolute atomic E-state index is 12.8. The molecule has 7 heteroatoms. The van der Waals surface area contributed by atoms with E-state index >= 15 is 0 Å². The number of fused-ring (bicyclic) bond motifs is 1. The summed E-state index contributed by atoms with van der Waals surface area (Å²) in [7, 11) is 0. The van der Waals surface area contributed by atoms with Gasteiger partial charge >= 0.3 is 0 Å². The highest BCUT2D eigenvalue weighted by atomic mass is 32.2. The lowest BCUT2D eigenvalue weighted by Gasteiger charge is -2.56. The first kappa shape index (κ1) is 21.3. The molecule has 0 spiro atoms. The van der Waals surface area contributed by atoms with E-state index in [1.54, 1.807) is 11.8 Å². The Kier molecular flexibility index (Phi) is 4.74. The second kappa shape index (κ2) is 7.36. The number of thioether (sulfide) groups is 1. The third-order valence-electron chi connectivity index (χ3n) is 8.35. The molecule has 2 heterocycles. The first-order valence-electron chi connectivity index (χ1n) is 12.0. The molecule has 0 N–H and O–H groups in total. The predicted molar refractivity (Wildman–Crippen MR) is 125 cm³/mol. The van der Waals surface area contributed by atoms with Crippen molar-refractivity contribution in [3.8, 4) is 11.5 Å². The molecule has 174 valence electrons. The molecule has 2 aliphatic heterocycles. The number of aldehydes is 1. The van der Waals surface area contributed by atoms with Gasteiger partial charge in [-0.05, 0) is 77.0 Å². The number of hydrogen-bond acceptors (Lipinski definition) is 6. The molecule has 33 heavy (non-hydrogen) atoms. The lowest BCUT2D eigenvalue weighted by Crippen LogP contribution is -2.48. The number of anilines is 1. The van der Waals surface area contributed by atoms with Crippen LogP contribution in [0.1, 0.15) is 68.3 Å². The Bertz CT molecular complexity index is 1060. The molecule has 2 unspecified atom stereocenters. The minimum atomic E-state index is -0.412. The Morgan fingerprint density at radius 1 is 0.939 bits per heavy atom. The van der Waals surface area contributed by atoms with Crippen LogP contribution in [-0.2, 0) is 9.59 Å². The van der Waals surface area contributed by atoms with Crippen LogP contribution in [0.25, 0.3) is 0 Å². The maximum Gasteiger partial charge on any atom is 0.258 e. The van der Waals surface area contributed by atoms with Crippen LogP contribution >= 0.6 is 11.8 Å². The van der Waals surface area contributed by atoms with Gasteiger partial charge < -0.3 is 9.47 Å². The van der Waals surface area contributed by atoms with Crippen molar-refractivity contribution in [3.05, 3.63) is 23.3 Å². The van der Waals surface area contributed by atoms with E-state index in [4.69, 9.17) is 9.47 Å². The number of benzene rings is 1. The van der Waals surface area contributed by atoms with Crippen molar-refractivity contribution in [3.63, 3.8) is 0 Å². The van der Waals surface area contributed by atoms with Gasteiger partial charge in [-0.1, -0.05) is 0 Å². The first-order valence-corrected chi connectivity index (χ1v) is 12.8. The van der Waals surface area contributed by atoms with Gasteiger partial charge in [-0.2, -0.15) is 0 Å². The number of ether oxygens (including phenoxy) is 2. The number of carbonyl (C=O) groups excluding carboxylic acids is 3. The number of hydrogen-bond donors (Lipinski definition) is 0. The number of amides is 2. The molecule has 2 amide bonds. The third-order valence-corrected chi connectivity index (χ3v) is 9.90. The molecule has 2 atom stereocenters. The molecule has 6 nitrogen and oxygen atoms in total. The second-order valence-corrected chi connectivity index (χ2v) is 12.2. The minimum absolute atomic E-state index is 0.0373. The molecule has 7 rings (SSSR count). The van der Waals surface area contributed by atoms with Crippen molar-refractivity contribution in [2.24, 2.45) is 17.8 Å². The Morgan fingerprint density at radius 2 is 1.45 bits per heavy atom. The summed E-state index contributed by atoms with van der Waals surface area (Å²) in [5.41, 5.74) is 1.60. The quantitative estimate of drug-likeness (QED) is 0.466. The highest BCUT2D eigenvalue weighted by Crippen LogP contribution is 2.64. The fourth-order valence-electron chi connectivity index (χ4n) is 7.06. The lowest BCUT2D eigenvalue weighted by molar-refractivity contribution is -0.120. The van der Waals surface area contributed by atoms with Crippen molar-refractivity contribution in [1.82, 2.24) is 0 Å². The van der Waals surface area contributed by atoms with E-state index in [1.165, 1.54) is 36.3 Å². The summed E-state index contributed by atoms with van der Waals surface area (Å²) in [4.78, 5) is 40.0. The number of rotatable bonds is 4. The molecule has 0 saturated heterocycles. The van der Waals surface area contributed by atoms with E-state index in [9.17, 15) is 14.4 Å². The second-order valence-electron chi connectivity index (χ2n) is 10.7. The van der Waals surface area contributed by atoms with E-state index in [0.29, 0.717) is 33.2 Å². The number of carbonyl (C=O) groups is 3. The molecule has 4 aliphatic carbocycles. The van der Waals surface area contributed by atoms with Gasteiger partial charge in [0.05, 0.1) is 0 Å². The van der Waals surface area contributed by atoms with E-state index in [2.05, 4.69) is 0 Å². The molecule has 4 saturated carbocycles. The largest absolute Gasteiger partial charge is 0.483 e. The summed E-state index contributed by atoms with van der Waals surface area (Å²) in [6.07, 6.45) is 10.3. The van der Waals surface area contributed by atoms with Gasteiger partial charge in [0, 0.05) is 32.9 Å². The van der Waals surface area contributed by atoms with Crippen LogP contribution in [0.15, 0.2) is 17.0 Å². The van der Waals surface area contributed by atoms with Crippen molar-refractivity contribution in [1.29, 1.82) is 0 Å². The van der Waals surface area contributed by atoms with Crippen LogP contribution in [0, 0.1) is 24.7 Å². The fraction of sp³-hybridized carbons (Fsp3) is 0.577. The van der Waals surface area contributed by atoms with Gasteiger partial charge in [0.1, 0.15) is 17.9 Å². The summed E-state index contributed by atoms with van der Waals surface area (Å²) >= 11 is 1.72. The number of imide groups is 1. The van der Waals surface area contributed by atoms with Crippen LogP contribution in [-0.4, -0.2) is 35.1 Å².